The van der Waals surface area contributed by atoms with Gasteiger partial charge in [-0.3, -0.25) is 9.69 Å². The summed E-state index contributed by atoms with van der Waals surface area (Å²) < 4.78 is 0. The lowest BCUT2D eigenvalue weighted by Gasteiger charge is -2.34. The Morgan fingerprint density at radius 3 is 2.06 bits per heavy atom. The normalized spacial score (nSPS) is 21.5. The highest BCUT2D eigenvalue weighted by molar-refractivity contribution is 5.79. The van der Waals surface area contributed by atoms with Gasteiger partial charge >= 0.3 is 6.03 Å². The number of rotatable bonds is 5. The lowest BCUT2D eigenvalue weighted by molar-refractivity contribution is -0.126. The van der Waals surface area contributed by atoms with E-state index in [9.17, 15) is 14.7 Å². The quantitative estimate of drug-likeness (QED) is 0.754. The molecule has 0 saturated carbocycles. The molecule has 1 aromatic rings. The number of piperidine rings is 2. The molecule has 0 aromatic heterocycles. The standard InChI is InChI=1S/C24H36N4O3/c29-22-9-13-26(14-10-22)18-20-5-3-19(4-6-20)17-25-23(30)21-7-15-28(16-8-21)24(31)27-11-1-2-12-27/h3-6,21-22,29H,1-2,7-18H2,(H,25,30). The smallest absolute Gasteiger partial charge is 0.319 e. The highest BCUT2D eigenvalue weighted by Gasteiger charge is 2.30. The van der Waals surface area contributed by atoms with Crippen molar-refractivity contribution in [2.75, 3.05) is 39.3 Å². The molecule has 0 bridgehead atoms. The van der Waals surface area contributed by atoms with Crippen molar-refractivity contribution < 1.29 is 14.7 Å². The number of benzene rings is 1. The maximum absolute atomic E-state index is 12.6. The third-order valence-electron chi connectivity index (χ3n) is 6.97. The molecule has 3 aliphatic rings. The SMILES string of the molecule is O=C(NCc1ccc(CN2CCC(O)CC2)cc1)C1CCN(C(=O)N2CCCC2)CC1. The molecular weight excluding hydrogens is 392 g/mol. The fraction of sp³-hybridized carbons (Fsp3) is 0.667. The molecule has 2 N–H and O–H groups in total. The van der Waals surface area contributed by atoms with Gasteiger partial charge in [0.1, 0.15) is 0 Å². The van der Waals surface area contributed by atoms with E-state index >= 15 is 0 Å². The number of hydrogen-bond acceptors (Lipinski definition) is 4. The Labute approximate surface area is 185 Å². The van der Waals surface area contributed by atoms with Crippen molar-refractivity contribution in [3.05, 3.63) is 35.4 Å². The molecule has 3 heterocycles. The largest absolute Gasteiger partial charge is 0.393 e. The van der Waals surface area contributed by atoms with E-state index in [0.717, 1.165) is 76.8 Å². The molecule has 0 radical (unpaired) electrons. The van der Waals surface area contributed by atoms with Crippen LogP contribution in [0.2, 0.25) is 0 Å². The summed E-state index contributed by atoms with van der Waals surface area (Å²) in [4.78, 5) is 31.3. The molecule has 7 heteroatoms. The van der Waals surface area contributed by atoms with Gasteiger partial charge in [0.2, 0.25) is 5.91 Å². The van der Waals surface area contributed by atoms with E-state index in [-0.39, 0.29) is 24.0 Å². The van der Waals surface area contributed by atoms with Crippen molar-refractivity contribution in [2.45, 2.75) is 57.7 Å². The predicted molar refractivity (Wildman–Crippen MR) is 119 cm³/mol. The zero-order valence-electron chi connectivity index (χ0n) is 18.5. The average molecular weight is 429 g/mol. The summed E-state index contributed by atoms with van der Waals surface area (Å²) in [7, 11) is 0. The Balaban J connectivity index is 1.17. The van der Waals surface area contributed by atoms with E-state index in [2.05, 4.69) is 34.5 Å². The molecule has 0 unspecified atom stereocenters. The van der Waals surface area contributed by atoms with Crippen LogP contribution in [0.3, 0.4) is 0 Å². The number of carbonyl (C=O) groups excluding carboxylic acids is 2. The lowest BCUT2D eigenvalue weighted by Crippen LogP contribution is -2.47. The summed E-state index contributed by atoms with van der Waals surface area (Å²) in [6, 6.07) is 8.60. The van der Waals surface area contributed by atoms with E-state index in [1.165, 1.54) is 5.56 Å². The van der Waals surface area contributed by atoms with Crippen LogP contribution in [0.5, 0.6) is 0 Å². The molecule has 4 rings (SSSR count). The molecular formula is C24H36N4O3. The number of carbonyl (C=O) groups is 2. The van der Waals surface area contributed by atoms with Gasteiger partial charge in [-0.1, -0.05) is 24.3 Å². The fourth-order valence-corrected chi connectivity index (χ4v) is 4.87. The number of likely N-dealkylation sites (tertiary alicyclic amines) is 3. The van der Waals surface area contributed by atoms with Gasteiger partial charge in [0.05, 0.1) is 6.10 Å². The van der Waals surface area contributed by atoms with Gasteiger partial charge in [-0.05, 0) is 49.7 Å². The highest BCUT2D eigenvalue weighted by Crippen LogP contribution is 2.20. The molecule has 31 heavy (non-hydrogen) atoms. The van der Waals surface area contributed by atoms with Gasteiger partial charge in [-0.25, -0.2) is 4.79 Å². The van der Waals surface area contributed by atoms with Gasteiger partial charge in [0.15, 0.2) is 0 Å². The summed E-state index contributed by atoms with van der Waals surface area (Å²) in [5.41, 5.74) is 2.37. The summed E-state index contributed by atoms with van der Waals surface area (Å²) in [5.74, 6) is 0.0978. The topological polar surface area (TPSA) is 76.1 Å². The third kappa shape index (κ3) is 5.98. The second kappa shape index (κ2) is 10.5. The molecule has 7 nitrogen and oxygen atoms in total. The third-order valence-corrected chi connectivity index (χ3v) is 6.97. The van der Waals surface area contributed by atoms with Crippen LogP contribution >= 0.6 is 0 Å². The van der Waals surface area contributed by atoms with Gasteiger partial charge in [0.25, 0.3) is 0 Å². The van der Waals surface area contributed by atoms with Gasteiger partial charge < -0.3 is 20.2 Å². The first-order chi connectivity index (χ1) is 15.1. The highest BCUT2D eigenvalue weighted by atomic mass is 16.3. The fourth-order valence-electron chi connectivity index (χ4n) is 4.87. The maximum Gasteiger partial charge on any atom is 0.319 e. The first kappa shape index (κ1) is 22.1. The van der Waals surface area contributed by atoms with Crippen LogP contribution in [0, 0.1) is 5.92 Å². The summed E-state index contributed by atoms with van der Waals surface area (Å²) in [6.07, 6.45) is 5.27. The minimum atomic E-state index is -0.139. The van der Waals surface area contributed by atoms with E-state index in [0.29, 0.717) is 19.6 Å². The molecule has 3 aliphatic heterocycles. The number of nitrogens with zero attached hydrogens (tertiary/aromatic N) is 3. The molecule has 3 fully saturated rings. The van der Waals surface area contributed by atoms with E-state index < -0.39 is 0 Å². The molecule has 0 spiro atoms. The number of urea groups is 1. The van der Waals surface area contributed by atoms with Crippen LogP contribution < -0.4 is 5.32 Å². The van der Waals surface area contributed by atoms with E-state index in [4.69, 9.17) is 0 Å². The molecule has 170 valence electrons. The second-order valence-electron chi connectivity index (χ2n) is 9.28. The van der Waals surface area contributed by atoms with Crippen LogP contribution in [-0.4, -0.2) is 77.1 Å². The van der Waals surface area contributed by atoms with Crippen molar-refractivity contribution >= 4 is 11.9 Å². The van der Waals surface area contributed by atoms with E-state index in [1.54, 1.807) is 0 Å². The summed E-state index contributed by atoms with van der Waals surface area (Å²) in [6.45, 7) is 6.45. The molecule has 0 atom stereocenters. The first-order valence-corrected chi connectivity index (χ1v) is 11.9. The molecule has 3 amide bonds. The van der Waals surface area contributed by atoms with Crippen molar-refractivity contribution in [3.63, 3.8) is 0 Å². The Kier molecular flexibility index (Phi) is 7.45. The Bertz CT molecular complexity index is 732. The Morgan fingerprint density at radius 1 is 0.839 bits per heavy atom. The van der Waals surface area contributed by atoms with Crippen molar-refractivity contribution in [1.29, 1.82) is 0 Å². The van der Waals surface area contributed by atoms with Gasteiger partial charge in [-0.2, -0.15) is 0 Å². The van der Waals surface area contributed by atoms with Gasteiger partial charge in [-0.15, -0.1) is 0 Å². The Hall–Kier alpha value is -2.12. The van der Waals surface area contributed by atoms with E-state index in [1.807, 2.05) is 9.80 Å². The minimum Gasteiger partial charge on any atom is -0.393 e. The summed E-state index contributed by atoms with van der Waals surface area (Å²) in [5, 5.41) is 12.7. The first-order valence-electron chi connectivity index (χ1n) is 11.9. The summed E-state index contributed by atoms with van der Waals surface area (Å²) >= 11 is 0. The lowest BCUT2D eigenvalue weighted by atomic mass is 9.96. The predicted octanol–water partition coefficient (Wildman–Crippen LogP) is 2.19. The molecule has 3 saturated heterocycles. The van der Waals surface area contributed by atoms with Crippen LogP contribution in [0.4, 0.5) is 4.79 Å². The zero-order chi connectivity index (χ0) is 21.6. The van der Waals surface area contributed by atoms with Crippen LogP contribution in [0.1, 0.15) is 49.7 Å². The number of amides is 3. The molecule has 1 aromatic carbocycles. The van der Waals surface area contributed by atoms with Crippen LogP contribution in [0.25, 0.3) is 0 Å². The average Bonchev–Trinajstić information content (AvgIpc) is 3.34. The van der Waals surface area contributed by atoms with Crippen molar-refractivity contribution in [1.82, 2.24) is 20.0 Å². The zero-order valence-corrected chi connectivity index (χ0v) is 18.5. The minimum absolute atomic E-state index is 0.00338. The van der Waals surface area contributed by atoms with Crippen molar-refractivity contribution in [3.8, 4) is 0 Å². The number of hydrogen-bond donors (Lipinski definition) is 2. The van der Waals surface area contributed by atoms with Crippen LogP contribution in [-0.2, 0) is 17.9 Å². The van der Waals surface area contributed by atoms with Crippen LogP contribution in [0.15, 0.2) is 24.3 Å². The number of aliphatic hydroxyl groups excluding tert-OH is 1. The monoisotopic (exact) mass is 428 g/mol. The number of aliphatic hydroxyl groups is 1. The van der Waals surface area contributed by atoms with Crippen molar-refractivity contribution in [2.24, 2.45) is 5.92 Å². The number of nitrogens with one attached hydrogen (secondary N) is 1. The maximum atomic E-state index is 12.6. The Morgan fingerprint density at radius 2 is 1.42 bits per heavy atom. The molecule has 0 aliphatic carbocycles. The van der Waals surface area contributed by atoms with Gasteiger partial charge in [0, 0.05) is 58.3 Å². The second-order valence-corrected chi connectivity index (χ2v) is 9.28.